The molecular formula is C27H36N2O. The van der Waals surface area contributed by atoms with Gasteiger partial charge in [0.1, 0.15) is 0 Å². The summed E-state index contributed by atoms with van der Waals surface area (Å²) >= 11 is 0. The second-order valence-electron chi connectivity index (χ2n) is 9.76. The van der Waals surface area contributed by atoms with E-state index in [1.165, 1.54) is 53.6 Å². The van der Waals surface area contributed by atoms with Crippen LogP contribution in [0.2, 0.25) is 0 Å². The number of rotatable bonds is 5. The van der Waals surface area contributed by atoms with Gasteiger partial charge >= 0.3 is 0 Å². The molecule has 0 spiro atoms. The molecule has 1 fully saturated rings. The van der Waals surface area contributed by atoms with E-state index >= 15 is 0 Å². The van der Waals surface area contributed by atoms with Gasteiger partial charge in [-0.05, 0) is 100 Å². The van der Waals surface area contributed by atoms with Crippen LogP contribution in [0.1, 0.15) is 70.1 Å². The first-order valence-electron chi connectivity index (χ1n) is 11.1. The molecule has 3 heteroatoms. The Morgan fingerprint density at radius 3 is 2.23 bits per heavy atom. The maximum atomic E-state index is 12.4. The van der Waals surface area contributed by atoms with Crippen LogP contribution < -0.4 is 10.6 Å². The van der Waals surface area contributed by atoms with Crippen molar-refractivity contribution in [3.63, 3.8) is 0 Å². The number of hydrogen-bond acceptors (Lipinski definition) is 2. The summed E-state index contributed by atoms with van der Waals surface area (Å²) in [6, 6.07) is 13.8. The zero-order chi connectivity index (χ0) is 21.9. The molecule has 1 aliphatic rings. The van der Waals surface area contributed by atoms with Crippen molar-refractivity contribution in [2.75, 3.05) is 5.32 Å². The molecule has 0 aliphatic heterocycles. The molecule has 1 aliphatic carbocycles. The number of carbonyl (C=O) groups excluding carboxylic acids is 1. The third-order valence-corrected chi connectivity index (χ3v) is 5.75. The van der Waals surface area contributed by atoms with Gasteiger partial charge in [-0.3, -0.25) is 4.79 Å². The number of nitrogens with one attached hydrogen (secondary N) is 2. The van der Waals surface area contributed by atoms with Gasteiger partial charge in [0, 0.05) is 22.8 Å². The van der Waals surface area contributed by atoms with Gasteiger partial charge in [-0.1, -0.05) is 37.1 Å². The van der Waals surface area contributed by atoms with Crippen molar-refractivity contribution >= 4 is 17.7 Å². The van der Waals surface area contributed by atoms with Gasteiger partial charge in [-0.25, -0.2) is 0 Å². The molecule has 3 rings (SSSR count). The van der Waals surface area contributed by atoms with E-state index < -0.39 is 0 Å². The quantitative estimate of drug-likeness (QED) is 0.548. The molecule has 3 nitrogen and oxygen atoms in total. The number of aryl methyl sites for hydroxylation is 2. The summed E-state index contributed by atoms with van der Waals surface area (Å²) in [6.45, 7) is 12.1. The average molecular weight is 405 g/mol. The van der Waals surface area contributed by atoms with E-state index in [-0.39, 0.29) is 11.4 Å². The van der Waals surface area contributed by atoms with Crippen LogP contribution in [0.25, 0.3) is 17.2 Å². The lowest BCUT2D eigenvalue weighted by Crippen LogP contribution is -2.40. The summed E-state index contributed by atoms with van der Waals surface area (Å²) in [5.41, 5.74) is 7.65. The Hall–Kier alpha value is -2.55. The first-order chi connectivity index (χ1) is 14.1. The molecule has 1 amide bonds. The fourth-order valence-corrected chi connectivity index (χ4v) is 4.09. The van der Waals surface area contributed by atoms with E-state index in [2.05, 4.69) is 60.9 Å². The summed E-state index contributed by atoms with van der Waals surface area (Å²) in [7, 11) is 0. The van der Waals surface area contributed by atoms with Crippen molar-refractivity contribution < 1.29 is 4.79 Å². The van der Waals surface area contributed by atoms with E-state index in [0.29, 0.717) is 6.04 Å². The molecule has 0 radical (unpaired) electrons. The predicted molar refractivity (Wildman–Crippen MR) is 129 cm³/mol. The average Bonchev–Trinajstić information content (AvgIpc) is 3.17. The second-order valence-corrected chi connectivity index (χ2v) is 9.76. The predicted octanol–water partition coefficient (Wildman–Crippen LogP) is 6.64. The third kappa shape index (κ3) is 5.75. The summed E-state index contributed by atoms with van der Waals surface area (Å²) in [6.07, 6.45) is 7.23. The van der Waals surface area contributed by atoms with Crippen LogP contribution in [-0.2, 0) is 4.79 Å². The summed E-state index contributed by atoms with van der Waals surface area (Å²) in [5, 5.41) is 6.69. The zero-order valence-corrected chi connectivity index (χ0v) is 19.4. The van der Waals surface area contributed by atoms with E-state index in [0.717, 1.165) is 11.1 Å². The highest BCUT2D eigenvalue weighted by molar-refractivity contribution is 5.98. The molecule has 2 aromatic carbocycles. The summed E-state index contributed by atoms with van der Waals surface area (Å²) in [4.78, 5) is 12.4. The molecule has 0 atom stereocenters. The highest BCUT2D eigenvalue weighted by Crippen LogP contribution is 2.30. The molecule has 0 aromatic heterocycles. The zero-order valence-electron chi connectivity index (χ0n) is 19.4. The van der Waals surface area contributed by atoms with Crippen molar-refractivity contribution in [1.29, 1.82) is 0 Å². The van der Waals surface area contributed by atoms with Gasteiger partial charge in [0.15, 0.2) is 0 Å². The molecule has 30 heavy (non-hydrogen) atoms. The molecule has 0 unspecified atom stereocenters. The fourth-order valence-electron chi connectivity index (χ4n) is 4.09. The van der Waals surface area contributed by atoms with E-state index in [1.54, 1.807) is 0 Å². The van der Waals surface area contributed by atoms with Crippen LogP contribution in [0.5, 0.6) is 0 Å². The minimum atomic E-state index is -0.236. The van der Waals surface area contributed by atoms with Crippen LogP contribution in [0.3, 0.4) is 0 Å². The van der Waals surface area contributed by atoms with Crippen molar-refractivity contribution in [3.05, 3.63) is 58.7 Å². The molecule has 160 valence electrons. The SMILES string of the molecule is CC(=Cc1cc(C)c(-c2ccc(NC3CCCC3)cc2)cc1C)C(=O)NC(C)(C)C. The Kier molecular flexibility index (Phi) is 6.70. The normalized spacial score (nSPS) is 15.3. The maximum absolute atomic E-state index is 12.4. The van der Waals surface area contributed by atoms with Gasteiger partial charge in [0.05, 0.1) is 0 Å². The molecule has 0 bridgehead atoms. The van der Waals surface area contributed by atoms with Gasteiger partial charge in [-0.2, -0.15) is 0 Å². The molecular weight excluding hydrogens is 368 g/mol. The third-order valence-electron chi connectivity index (χ3n) is 5.75. The van der Waals surface area contributed by atoms with Crippen LogP contribution in [0, 0.1) is 13.8 Å². The van der Waals surface area contributed by atoms with Gasteiger partial charge in [0.25, 0.3) is 0 Å². The van der Waals surface area contributed by atoms with Gasteiger partial charge < -0.3 is 10.6 Å². The fraction of sp³-hybridized carbons (Fsp3) is 0.444. The van der Waals surface area contributed by atoms with Crippen LogP contribution in [0.4, 0.5) is 5.69 Å². The van der Waals surface area contributed by atoms with E-state index in [9.17, 15) is 4.79 Å². The largest absolute Gasteiger partial charge is 0.382 e. The topological polar surface area (TPSA) is 41.1 Å². The van der Waals surface area contributed by atoms with E-state index in [4.69, 9.17) is 0 Å². The number of hydrogen-bond donors (Lipinski definition) is 2. The molecule has 0 heterocycles. The first-order valence-corrected chi connectivity index (χ1v) is 11.1. The Morgan fingerprint density at radius 2 is 1.63 bits per heavy atom. The molecule has 1 saturated carbocycles. The van der Waals surface area contributed by atoms with Crippen molar-refractivity contribution in [2.45, 2.75) is 78.8 Å². The van der Waals surface area contributed by atoms with E-state index in [1.807, 2.05) is 33.8 Å². The second kappa shape index (κ2) is 9.07. The Bertz CT molecular complexity index is 927. The van der Waals surface area contributed by atoms with Crippen molar-refractivity contribution in [3.8, 4) is 11.1 Å². The van der Waals surface area contributed by atoms with Gasteiger partial charge in [-0.15, -0.1) is 0 Å². The van der Waals surface area contributed by atoms with Crippen molar-refractivity contribution in [2.24, 2.45) is 0 Å². The number of benzene rings is 2. The highest BCUT2D eigenvalue weighted by atomic mass is 16.1. The lowest BCUT2D eigenvalue weighted by atomic mass is 9.94. The van der Waals surface area contributed by atoms with Crippen molar-refractivity contribution in [1.82, 2.24) is 5.32 Å². The first kappa shape index (κ1) is 22.1. The Morgan fingerprint density at radius 1 is 1.00 bits per heavy atom. The molecule has 0 saturated heterocycles. The number of anilines is 1. The summed E-state index contributed by atoms with van der Waals surface area (Å²) < 4.78 is 0. The minimum absolute atomic E-state index is 0.0195. The summed E-state index contributed by atoms with van der Waals surface area (Å²) in [5.74, 6) is -0.0195. The minimum Gasteiger partial charge on any atom is -0.382 e. The maximum Gasteiger partial charge on any atom is 0.247 e. The van der Waals surface area contributed by atoms with Crippen LogP contribution in [-0.4, -0.2) is 17.5 Å². The standard InChI is InChI=1S/C27H36N2O/c1-18-17-25(21-11-13-24(14-12-21)28-23-9-7-8-10-23)19(2)15-22(18)16-20(3)26(30)29-27(4,5)6/h11-17,23,28H,7-10H2,1-6H3,(H,29,30). The monoisotopic (exact) mass is 404 g/mol. The van der Waals surface area contributed by atoms with Crippen LogP contribution in [0.15, 0.2) is 42.0 Å². The number of amides is 1. The highest BCUT2D eigenvalue weighted by Gasteiger charge is 2.16. The lowest BCUT2D eigenvalue weighted by molar-refractivity contribution is -0.118. The molecule has 2 aromatic rings. The Balaban J connectivity index is 1.78. The Labute approximate surface area is 182 Å². The van der Waals surface area contributed by atoms with Gasteiger partial charge in [0.2, 0.25) is 5.91 Å². The molecule has 2 N–H and O–H groups in total. The smallest absolute Gasteiger partial charge is 0.247 e. The van der Waals surface area contributed by atoms with Crippen LogP contribution >= 0.6 is 0 Å². The number of carbonyl (C=O) groups is 1. The lowest BCUT2D eigenvalue weighted by Gasteiger charge is -2.20.